The van der Waals surface area contributed by atoms with E-state index in [0.29, 0.717) is 16.3 Å². The zero-order valence-electron chi connectivity index (χ0n) is 8.71. The van der Waals surface area contributed by atoms with Gasteiger partial charge in [0.05, 0.1) is 15.7 Å². The second-order valence-corrected chi connectivity index (χ2v) is 4.10. The molecule has 2 rings (SSSR count). The standard InChI is InChI=1S/C13H8Cl2NO/c14-10-7-4-8-11(12(10)15)16-13(17)9-5-2-1-3-6-9/h1-6,8H,(H,16,17). The highest BCUT2D eigenvalue weighted by molar-refractivity contribution is 6.43. The maximum absolute atomic E-state index is 11.9. The van der Waals surface area contributed by atoms with Gasteiger partial charge in [-0.1, -0.05) is 47.5 Å². The molecule has 0 saturated heterocycles. The summed E-state index contributed by atoms with van der Waals surface area (Å²) in [4.78, 5) is 11.9. The number of hydrogen-bond acceptors (Lipinski definition) is 1. The van der Waals surface area contributed by atoms with E-state index in [2.05, 4.69) is 11.4 Å². The van der Waals surface area contributed by atoms with E-state index in [4.69, 9.17) is 23.2 Å². The zero-order chi connectivity index (χ0) is 12.3. The third-order valence-corrected chi connectivity index (χ3v) is 2.96. The van der Waals surface area contributed by atoms with Crippen LogP contribution in [0.1, 0.15) is 10.4 Å². The lowest BCUT2D eigenvalue weighted by atomic mass is 10.2. The van der Waals surface area contributed by atoms with Crippen LogP contribution in [0.15, 0.2) is 42.5 Å². The molecule has 0 spiro atoms. The van der Waals surface area contributed by atoms with E-state index in [1.165, 1.54) is 0 Å². The van der Waals surface area contributed by atoms with Crippen molar-refractivity contribution in [2.24, 2.45) is 0 Å². The van der Waals surface area contributed by atoms with Crippen molar-refractivity contribution in [2.45, 2.75) is 0 Å². The Morgan fingerprint density at radius 3 is 2.53 bits per heavy atom. The molecule has 0 heterocycles. The molecule has 85 valence electrons. The molecule has 0 fully saturated rings. The van der Waals surface area contributed by atoms with Crippen LogP contribution in [0.2, 0.25) is 10.0 Å². The summed E-state index contributed by atoms with van der Waals surface area (Å²) >= 11 is 11.8. The molecule has 2 aromatic carbocycles. The average Bonchev–Trinajstić information content (AvgIpc) is 2.36. The van der Waals surface area contributed by atoms with Gasteiger partial charge in [-0.3, -0.25) is 4.79 Å². The maximum atomic E-state index is 11.9. The van der Waals surface area contributed by atoms with Crippen LogP contribution in [0.4, 0.5) is 5.69 Å². The van der Waals surface area contributed by atoms with E-state index in [1.54, 1.807) is 36.4 Å². The normalized spacial score (nSPS) is 10.0. The monoisotopic (exact) mass is 264 g/mol. The fraction of sp³-hybridized carbons (Fsp3) is 0. The lowest BCUT2D eigenvalue weighted by Gasteiger charge is -2.07. The Morgan fingerprint density at radius 2 is 1.82 bits per heavy atom. The van der Waals surface area contributed by atoms with E-state index >= 15 is 0 Å². The number of anilines is 1. The summed E-state index contributed by atoms with van der Waals surface area (Å²) in [5.41, 5.74) is 1.04. The van der Waals surface area contributed by atoms with Crippen molar-refractivity contribution in [2.75, 3.05) is 5.32 Å². The Hall–Kier alpha value is -1.51. The first-order chi connectivity index (χ1) is 8.18. The van der Waals surface area contributed by atoms with Crippen LogP contribution in [0.25, 0.3) is 0 Å². The van der Waals surface area contributed by atoms with Crippen LogP contribution >= 0.6 is 23.2 Å². The molecule has 1 N–H and O–H groups in total. The third kappa shape index (κ3) is 2.78. The number of rotatable bonds is 2. The van der Waals surface area contributed by atoms with Crippen molar-refractivity contribution in [1.82, 2.24) is 0 Å². The number of amides is 1. The molecule has 4 heteroatoms. The quantitative estimate of drug-likeness (QED) is 0.872. The summed E-state index contributed by atoms with van der Waals surface area (Å²) in [6, 6.07) is 14.9. The van der Waals surface area contributed by atoms with Crippen LogP contribution in [-0.4, -0.2) is 5.91 Å². The molecule has 0 aliphatic carbocycles. The second kappa shape index (κ2) is 5.21. The van der Waals surface area contributed by atoms with Gasteiger partial charge in [0, 0.05) is 11.6 Å². The second-order valence-electron chi connectivity index (χ2n) is 3.34. The Kier molecular flexibility index (Phi) is 3.67. The van der Waals surface area contributed by atoms with Gasteiger partial charge in [-0.25, -0.2) is 0 Å². The summed E-state index contributed by atoms with van der Waals surface area (Å²) in [5.74, 6) is -0.227. The minimum absolute atomic E-state index is 0.227. The summed E-state index contributed by atoms with van der Waals surface area (Å²) in [5, 5.41) is 3.27. The Balaban J connectivity index is 2.22. The molecule has 0 aliphatic rings. The summed E-state index contributed by atoms with van der Waals surface area (Å²) in [7, 11) is 0. The van der Waals surface area contributed by atoms with E-state index in [0.717, 1.165) is 0 Å². The Morgan fingerprint density at radius 1 is 1.12 bits per heavy atom. The van der Waals surface area contributed by atoms with Gasteiger partial charge in [-0.05, 0) is 18.2 Å². The highest BCUT2D eigenvalue weighted by Crippen LogP contribution is 2.29. The molecule has 0 atom stereocenters. The lowest BCUT2D eigenvalue weighted by Crippen LogP contribution is -2.11. The fourth-order valence-electron chi connectivity index (χ4n) is 1.33. The minimum Gasteiger partial charge on any atom is -0.321 e. The van der Waals surface area contributed by atoms with Gasteiger partial charge in [0.25, 0.3) is 5.91 Å². The van der Waals surface area contributed by atoms with Crippen molar-refractivity contribution < 1.29 is 4.79 Å². The lowest BCUT2D eigenvalue weighted by molar-refractivity contribution is 0.102. The topological polar surface area (TPSA) is 29.1 Å². The molecule has 1 amide bonds. The van der Waals surface area contributed by atoms with Gasteiger partial charge in [-0.2, -0.15) is 0 Å². The fourth-order valence-corrected chi connectivity index (χ4v) is 1.66. The van der Waals surface area contributed by atoms with E-state index < -0.39 is 0 Å². The molecule has 2 nitrogen and oxygen atoms in total. The molecular formula is C13H8Cl2NO. The van der Waals surface area contributed by atoms with Crippen LogP contribution < -0.4 is 5.32 Å². The molecule has 17 heavy (non-hydrogen) atoms. The molecular weight excluding hydrogens is 257 g/mol. The van der Waals surface area contributed by atoms with Crippen LogP contribution in [0, 0.1) is 6.07 Å². The van der Waals surface area contributed by atoms with E-state index in [1.807, 2.05) is 6.07 Å². The number of hydrogen-bond donors (Lipinski definition) is 1. The number of carbonyl (C=O) groups is 1. The largest absolute Gasteiger partial charge is 0.321 e. The van der Waals surface area contributed by atoms with Gasteiger partial charge >= 0.3 is 0 Å². The summed E-state index contributed by atoms with van der Waals surface area (Å²) in [6.07, 6.45) is 0. The number of carbonyl (C=O) groups excluding carboxylic acids is 1. The van der Waals surface area contributed by atoms with Gasteiger partial charge < -0.3 is 5.32 Å². The predicted octanol–water partition coefficient (Wildman–Crippen LogP) is 4.05. The first-order valence-electron chi connectivity index (χ1n) is 4.90. The molecule has 0 aromatic heterocycles. The van der Waals surface area contributed by atoms with E-state index in [9.17, 15) is 4.79 Å². The van der Waals surface area contributed by atoms with Crippen LogP contribution in [0.3, 0.4) is 0 Å². The zero-order valence-corrected chi connectivity index (χ0v) is 10.2. The van der Waals surface area contributed by atoms with Gasteiger partial charge in [-0.15, -0.1) is 0 Å². The Bertz CT molecular complexity index is 540. The van der Waals surface area contributed by atoms with E-state index in [-0.39, 0.29) is 10.9 Å². The van der Waals surface area contributed by atoms with Gasteiger partial charge in [0.1, 0.15) is 0 Å². The summed E-state index contributed by atoms with van der Waals surface area (Å²) in [6.45, 7) is 0. The first-order valence-corrected chi connectivity index (χ1v) is 5.66. The number of nitrogens with one attached hydrogen (secondary N) is 1. The molecule has 1 radical (unpaired) electrons. The molecule has 2 aromatic rings. The van der Waals surface area contributed by atoms with Crippen molar-refractivity contribution in [1.29, 1.82) is 0 Å². The third-order valence-electron chi connectivity index (χ3n) is 2.17. The van der Waals surface area contributed by atoms with Gasteiger partial charge in [0.2, 0.25) is 0 Å². The van der Waals surface area contributed by atoms with Crippen molar-refractivity contribution in [3.8, 4) is 0 Å². The summed E-state index contributed by atoms with van der Waals surface area (Å²) < 4.78 is 0. The highest BCUT2D eigenvalue weighted by atomic mass is 35.5. The van der Waals surface area contributed by atoms with Gasteiger partial charge in [0.15, 0.2) is 0 Å². The van der Waals surface area contributed by atoms with Crippen LogP contribution in [-0.2, 0) is 0 Å². The Labute approximate surface area is 109 Å². The number of benzene rings is 2. The van der Waals surface area contributed by atoms with Crippen molar-refractivity contribution >= 4 is 34.8 Å². The highest BCUT2D eigenvalue weighted by Gasteiger charge is 2.09. The predicted molar refractivity (Wildman–Crippen MR) is 69.7 cm³/mol. The molecule has 0 bridgehead atoms. The van der Waals surface area contributed by atoms with Crippen molar-refractivity contribution in [3.05, 3.63) is 64.1 Å². The first kappa shape index (κ1) is 12.0. The SMILES string of the molecule is O=C(Nc1cc[c]c(Cl)c1Cl)c1ccccc1. The smallest absolute Gasteiger partial charge is 0.255 e. The van der Waals surface area contributed by atoms with Crippen molar-refractivity contribution in [3.63, 3.8) is 0 Å². The molecule has 0 saturated carbocycles. The minimum atomic E-state index is -0.227. The van der Waals surface area contributed by atoms with Crippen LogP contribution in [0.5, 0.6) is 0 Å². The number of halogens is 2. The average molecular weight is 265 g/mol. The molecule has 0 aliphatic heterocycles. The molecule has 0 unspecified atom stereocenters. The maximum Gasteiger partial charge on any atom is 0.255 e.